The van der Waals surface area contributed by atoms with Crippen LogP contribution in [0, 0.1) is 0 Å². The first-order valence-electron chi connectivity index (χ1n) is 2.71. The summed E-state index contributed by atoms with van der Waals surface area (Å²) in [5.41, 5.74) is 0. The molecule has 0 saturated carbocycles. The minimum Gasteiger partial charge on any atom is -0.334 e. The van der Waals surface area contributed by atoms with E-state index in [1.54, 1.807) is 13.8 Å². The highest BCUT2D eigenvalue weighted by atomic mass is 35.6. The largest absolute Gasteiger partial charge is 0.334 e. The SMILES string of the molecule is CC(C)(Cl)NC(=O)C(Cl)(Cl)Cl. The van der Waals surface area contributed by atoms with Gasteiger partial charge in [-0.15, -0.1) is 0 Å². The molecule has 0 radical (unpaired) electrons. The summed E-state index contributed by atoms with van der Waals surface area (Å²) in [5, 5.41) is 2.29. The van der Waals surface area contributed by atoms with E-state index in [1.807, 2.05) is 0 Å². The van der Waals surface area contributed by atoms with Gasteiger partial charge in [-0.05, 0) is 13.8 Å². The van der Waals surface area contributed by atoms with Crippen molar-refractivity contribution in [1.82, 2.24) is 5.32 Å². The molecule has 6 heteroatoms. The lowest BCUT2D eigenvalue weighted by molar-refractivity contribution is -0.121. The number of halogens is 4. The van der Waals surface area contributed by atoms with Gasteiger partial charge >= 0.3 is 0 Å². The van der Waals surface area contributed by atoms with Crippen molar-refractivity contribution in [3.63, 3.8) is 0 Å². The predicted octanol–water partition coefficient (Wildman–Crippen LogP) is 2.45. The summed E-state index contributed by atoms with van der Waals surface area (Å²) in [7, 11) is 0. The van der Waals surface area contributed by atoms with E-state index in [-0.39, 0.29) is 0 Å². The average molecular weight is 239 g/mol. The second-order valence-corrected chi connectivity index (χ2v) is 5.65. The van der Waals surface area contributed by atoms with Crippen molar-refractivity contribution in [3.05, 3.63) is 0 Å². The van der Waals surface area contributed by atoms with Crippen LogP contribution < -0.4 is 5.32 Å². The molecule has 0 bridgehead atoms. The van der Waals surface area contributed by atoms with E-state index in [0.717, 1.165) is 0 Å². The normalized spacial score (nSPS) is 12.9. The van der Waals surface area contributed by atoms with Crippen molar-refractivity contribution < 1.29 is 4.79 Å². The molecule has 0 saturated heterocycles. The lowest BCUT2D eigenvalue weighted by Gasteiger charge is -2.20. The summed E-state index contributed by atoms with van der Waals surface area (Å²) in [6, 6.07) is 0. The van der Waals surface area contributed by atoms with Crippen LogP contribution in [0.1, 0.15) is 13.8 Å². The van der Waals surface area contributed by atoms with Gasteiger partial charge in [-0.3, -0.25) is 4.79 Å². The number of hydrogen-bond acceptors (Lipinski definition) is 1. The van der Waals surface area contributed by atoms with Crippen LogP contribution >= 0.6 is 46.4 Å². The fourth-order valence-corrected chi connectivity index (χ4v) is 0.568. The topological polar surface area (TPSA) is 29.1 Å². The molecular weight excluding hydrogens is 232 g/mol. The van der Waals surface area contributed by atoms with Crippen molar-refractivity contribution >= 4 is 52.3 Å². The van der Waals surface area contributed by atoms with Crippen molar-refractivity contribution in [2.24, 2.45) is 0 Å². The fraction of sp³-hybridized carbons (Fsp3) is 0.800. The third kappa shape index (κ3) is 5.85. The Kier molecular flexibility index (Phi) is 3.77. The molecule has 0 spiro atoms. The second-order valence-electron chi connectivity index (χ2n) is 2.42. The van der Waals surface area contributed by atoms with Crippen molar-refractivity contribution in [2.45, 2.75) is 22.6 Å². The highest BCUT2D eigenvalue weighted by Crippen LogP contribution is 2.27. The zero-order valence-corrected chi connectivity index (χ0v) is 8.94. The van der Waals surface area contributed by atoms with Crippen LogP contribution in [0.5, 0.6) is 0 Å². The first-order valence-corrected chi connectivity index (χ1v) is 4.22. The van der Waals surface area contributed by atoms with Crippen LogP contribution in [0.4, 0.5) is 0 Å². The summed E-state index contributed by atoms with van der Waals surface area (Å²) in [6.45, 7) is 3.14. The first kappa shape index (κ1) is 11.6. The molecule has 1 amide bonds. The third-order valence-electron chi connectivity index (χ3n) is 0.668. The van der Waals surface area contributed by atoms with E-state index in [1.165, 1.54) is 0 Å². The van der Waals surface area contributed by atoms with Crippen LogP contribution in [0.25, 0.3) is 0 Å². The molecule has 0 aliphatic heterocycles. The molecule has 0 aromatic rings. The van der Waals surface area contributed by atoms with E-state index >= 15 is 0 Å². The van der Waals surface area contributed by atoms with E-state index in [4.69, 9.17) is 46.4 Å². The number of carbonyl (C=O) groups excluding carboxylic acids is 1. The van der Waals surface area contributed by atoms with Gasteiger partial charge in [0.15, 0.2) is 0 Å². The Labute approximate surface area is 85.1 Å². The minimum atomic E-state index is -1.95. The van der Waals surface area contributed by atoms with Gasteiger partial charge in [0.05, 0.1) is 0 Å². The van der Waals surface area contributed by atoms with Crippen molar-refractivity contribution in [2.75, 3.05) is 0 Å². The van der Waals surface area contributed by atoms with E-state index in [0.29, 0.717) is 0 Å². The van der Waals surface area contributed by atoms with Gasteiger partial charge in [0.25, 0.3) is 9.70 Å². The average Bonchev–Trinajstić information content (AvgIpc) is 1.56. The Morgan fingerprint density at radius 1 is 1.18 bits per heavy atom. The minimum absolute atomic E-state index is 0.734. The number of rotatable bonds is 1. The molecule has 0 unspecified atom stereocenters. The summed E-state index contributed by atoms with van der Waals surface area (Å²) < 4.78 is -1.95. The Balaban J connectivity index is 4.11. The van der Waals surface area contributed by atoms with Gasteiger partial charge in [0, 0.05) is 0 Å². The number of alkyl halides is 4. The monoisotopic (exact) mass is 237 g/mol. The molecule has 0 aliphatic rings. The fourth-order valence-electron chi connectivity index (χ4n) is 0.341. The highest BCUT2D eigenvalue weighted by molar-refractivity contribution is 6.76. The van der Waals surface area contributed by atoms with Gasteiger partial charge in [0.1, 0.15) is 5.00 Å². The standard InChI is InChI=1S/C5H7Cl4NO/c1-4(2,6)10-3(11)5(7,8)9/h1-2H3,(H,10,11). The molecule has 0 rings (SSSR count). The summed E-state index contributed by atoms with van der Waals surface area (Å²) in [4.78, 5) is 9.99. The molecule has 66 valence electrons. The van der Waals surface area contributed by atoms with Crippen LogP contribution in [-0.4, -0.2) is 14.7 Å². The molecule has 0 aliphatic carbocycles. The summed E-state index contributed by atoms with van der Waals surface area (Å²) in [5.74, 6) is -0.734. The lowest BCUT2D eigenvalue weighted by Crippen LogP contribution is -2.44. The van der Waals surface area contributed by atoms with E-state index < -0.39 is 14.7 Å². The molecule has 2 nitrogen and oxygen atoms in total. The molecule has 0 fully saturated rings. The molecule has 0 aromatic heterocycles. The lowest BCUT2D eigenvalue weighted by atomic mass is 10.4. The molecule has 0 aromatic carbocycles. The Bertz CT molecular complexity index is 157. The van der Waals surface area contributed by atoms with Crippen LogP contribution in [-0.2, 0) is 4.79 Å². The molecule has 0 heterocycles. The van der Waals surface area contributed by atoms with Gasteiger partial charge < -0.3 is 5.32 Å². The Morgan fingerprint density at radius 3 is 1.64 bits per heavy atom. The predicted molar refractivity (Wildman–Crippen MR) is 48.4 cm³/mol. The van der Waals surface area contributed by atoms with E-state index in [9.17, 15) is 4.79 Å². The van der Waals surface area contributed by atoms with Crippen molar-refractivity contribution in [1.29, 1.82) is 0 Å². The maximum atomic E-state index is 10.9. The highest BCUT2D eigenvalue weighted by Gasteiger charge is 2.33. The first-order chi connectivity index (χ1) is 4.63. The quantitative estimate of drug-likeness (QED) is 0.552. The van der Waals surface area contributed by atoms with Gasteiger partial charge in [-0.1, -0.05) is 46.4 Å². The molecule has 11 heavy (non-hydrogen) atoms. The maximum Gasteiger partial charge on any atom is 0.273 e. The zero-order chi connectivity index (χ0) is 9.28. The number of hydrogen-bond donors (Lipinski definition) is 1. The number of carbonyl (C=O) groups is 1. The smallest absolute Gasteiger partial charge is 0.273 e. The van der Waals surface area contributed by atoms with Crippen LogP contribution in [0.15, 0.2) is 0 Å². The second kappa shape index (κ2) is 3.56. The maximum absolute atomic E-state index is 10.9. The van der Waals surface area contributed by atoms with Crippen molar-refractivity contribution in [3.8, 4) is 0 Å². The zero-order valence-electron chi connectivity index (χ0n) is 5.92. The summed E-state index contributed by atoms with van der Waals surface area (Å²) in [6.07, 6.45) is 0. The van der Waals surface area contributed by atoms with Crippen LogP contribution in [0.2, 0.25) is 0 Å². The van der Waals surface area contributed by atoms with Gasteiger partial charge in [0.2, 0.25) is 0 Å². The Hall–Kier alpha value is 0.630. The molecule has 0 atom stereocenters. The van der Waals surface area contributed by atoms with Gasteiger partial charge in [-0.25, -0.2) is 0 Å². The van der Waals surface area contributed by atoms with Gasteiger partial charge in [-0.2, -0.15) is 0 Å². The van der Waals surface area contributed by atoms with Crippen LogP contribution in [0.3, 0.4) is 0 Å². The third-order valence-corrected chi connectivity index (χ3v) is 1.28. The number of nitrogens with one attached hydrogen (secondary N) is 1. The summed E-state index contributed by atoms with van der Waals surface area (Å²) >= 11 is 21.4. The Morgan fingerprint density at radius 2 is 1.55 bits per heavy atom. The number of amides is 1. The van der Waals surface area contributed by atoms with E-state index in [2.05, 4.69) is 5.32 Å². The molecular formula is C5H7Cl4NO. The molecule has 1 N–H and O–H groups in total.